The molecule has 1 unspecified atom stereocenters. The molecule has 1 amide bonds. The van der Waals surface area contributed by atoms with E-state index >= 15 is 0 Å². The normalized spacial score (nSPS) is 19.2. The highest BCUT2D eigenvalue weighted by Gasteiger charge is 2.18. The number of hydrogen-bond acceptors (Lipinski definition) is 2. The number of nitrogens with one attached hydrogen (secondary N) is 1. The van der Waals surface area contributed by atoms with Crippen molar-refractivity contribution < 1.29 is 9.53 Å². The molecule has 2 rings (SSSR count). The van der Waals surface area contributed by atoms with Crippen LogP contribution in [0.25, 0.3) is 0 Å². The highest BCUT2D eigenvalue weighted by atomic mass is 35.5. The van der Waals surface area contributed by atoms with Gasteiger partial charge in [0.05, 0.1) is 12.5 Å². The highest BCUT2D eigenvalue weighted by Crippen LogP contribution is 2.15. The fourth-order valence-corrected chi connectivity index (χ4v) is 2.01. The summed E-state index contributed by atoms with van der Waals surface area (Å²) < 4.78 is 5.41. The van der Waals surface area contributed by atoms with Crippen LogP contribution in [-0.4, -0.2) is 18.6 Å². The third-order valence-corrected chi connectivity index (χ3v) is 3.09. The number of halogens is 1. The Labute approximate surface area is 106 Å². The molecule has 0 aromatic heterocycles. The van der Waals surface area contributed by atoms with Crippen molar-refractivity contribution in [2.24, 2.45) is 0 Å². The molecule has 0 spiro atoms. The predicted octanol–water partition coefficient (Wildman–Crippen LogP) is 2.53. The van der Waals surface area contributed by atoms with Gasteiger partial charge in [-0.3, -0.25) is 4.79 Å². The number of carbonyl (C=O) groups is 1. The minimum absolute atomic E-state index is 0.0480. The van der Waals surface area contributed by atoms with Crippen LogP contribution in [0.2, 0.25) is 5.02 Å². The molecular weight excluding hydrogens is 238 g/mol. The average molecular weight is 254 g/mol. The number of rotatable bonds is 4. The lowest BCUT2D eigenvalue weighted by Crippen LogP contribution is -2.26. The lowest BCUT2D eigenvalue weighted by molar-refractivity contribution is -0.123. The van der Waals surface area contributed by atoms with Gasteiger partial charge in [-0.15, -0.1) is 0 Å². The first-order valence-electron chi connectivity index (χ1n) is 5.87. The highest BCUT2D eigenvalue weighted by molar-refractivity contribution is 6.30. The van der Waals surface area contributed by atoms with Crippen LogP contribution in [0.5, 0.6) is 0 Å². The topological polar surface area (TPSA) is 38.3 Å². The van der Waals surface area contributed by atoms with Gasteiger partial charge >= 0.3 is 0 Å². The van der Waals surface area contributed by atoms with Crippen LogP contribution in [0.3, 0.4) is 0 Å². The van der Waals surface area contributed by atoms with Gasteiger partial charge in [0.15, 0.2) is 0 Å². The Hall–Kier alpha value is -1.06. The second kappa shape index (κ2) is 6.03. The zero-order chi connectivity index (χ0) is 12.1. The fourth-order valence-electron chi connectivity index (χ4n) is 1.89. The minimum atomic E-state index is 0.0480. The van der Waals surface area contributed by atoms with Crippen molar-refractivity contribution in [1.29, 1.82) is 0 Å². The Morgan fingerprint density at radius 3 is 2.82 bits per heavy atom. The van der Waals surface area contributed by atoms with Crippen molar-refractivity contribution in [1.82, 2.24) is 5.32 Å². The third kappa shape index (κ3) is 4.02. The molecule has 1 aromatic carbocycles. The lowest BCUT2D eigenvalue weighted by atomic mass is 10.1. The van der Waals surface area contributed by atoms with Crippen LogP contribution in [0.15, 0.2) is 24.3 Å². The molecule has 1 atom stereocenters. The number of amides is 1. The van der Waals surface area contributed by atoms with E-state index in [0.717, 1.165) is 25.0 Å². The summed E-state index contributed by atoms with van der Waals surface area (Å²) in [6, 6.07) is 7.47. The van der Waals surface area contributed by atoms with Crippen molar-refractivity contribution in [3.05, 3.63) is 34.9 Å². The Kier molecular flexibility index (Phi) is 4.40. The maximum absolute atomic E-state index is 11.6. The first-order chi connectivity index (χ1) is 8.24. The molecule has 0 bridgehead atoms. The molecule has 1 aromatic rings. The third-order valence-electron chi connectivity index (χ3n) is 2.84. The predicted molar refractivity (Wildman–Crippen MR) is 66.9 cm³/mol. The molecule has 4 heteroatoms. The summed E-state index contributed by atoms with van der Waals surface area (Å²) in [6.45, 7) is 1.33. The maximum Gasteiger partial charge on any atom is 0.222 e. The Morgan fingerprint density at radius 2 is 2.18 bits per heavy atom. The average Bonchev–Trinajstić information content (AvgIpc) is 2.81. The summed E-state index contributed by atoms with van der Waals surface area (Å²) in [5.41, 5.74) is 1.05. The molecule has 17 heavy (non-hydrogen) atoms. The van der Waals surface area contributed by atoms with Gasteiger partial charge in [0.1, 0.15) is 0 Å². The monoisotopic (exact) mass is 253 g/mol. The number of benzene rings is 1. The van der Waals surface area contributed by atoms with E-state index in [1.54, 1.807) is 0 Å². The van der Waals surface area contributed by atoms with Crippen LogP contribution in [0.1, 0.15) is 24.8 Å². The summed E-state index contributed by atoms with van der Waals surface area (Å²) in [5.74, 6) is 0.0480. The second-order valence-corrected chi connectivity index (χ2v) is 4.68. The van der Waals surface area contributed by atoms with Gasteiger partial charge in [0, 0.05) is 18.2 Å². The fraction of sp³-hybridized carbons (Fsp3) is 0.462. The van der Waals surface area contributed by atoms with Gasteiger partial charge in [-0.25, -0.2) is 0 Å². The molecule has 1 aliphatic heterocycles. The number of hydrogen-bond donors (Lipinski definition) is 1. The van der Waals surface area contributed by atoms with Crippen molar-refractivity contribution in [3.63, 3.8) is 0 Å². The van der Waals surface area contributed by atoms with Gasteiger partial charge in [0.2, 0.25) is 5.91 Å². The first-order valence-corrected chi connectivity index (χ1v) is 6.24. The molecule has 92 valence electrons. The van der Waals surface area contributed by atoms with Crippen LogP contribution in [0.4, 0.5) is 0 Å². The molecule has 0 radical (unpaired) electrons. The maximum atomic E-state index is 11.6. The largest absolute Gasteiger partial charge is 0.378 e. The van der Waals surface area contributed by atoms with E-state index in [2.05, 4.69) is 5.32 Å². The lowest BCUT2D eigenvalue weighted by Gasteiger charge is -2.09. The summed E-state index contributed by atoms with van der Waals surface area (Å²) in [5, 5.41) is 3.59. The molecule has 1 saturated heterocycles. The molecular formula is C13H16ClNO2. The summed E-state index contributed by atoms with van der Waals surface area (Å²) in [4.78, 5) is 11.6. The molecule has 1 aliphatic rings. The SMILES string of the molecule is O=C(CC1CCCO1)NCc1ccc(Cl)cc1. The van der Waals surface area contributed by atoms with Gasteiger partial charge in [0.25, 0.3) is 0 Å². The number of ether oxygens (including phenoxy) is 1. The Bertz CT molecular complexity index is 372. The van der Waals surface area contributed by atoms with E-state index in [4.69, 9.17) is 16.3 Å². The quantitative estimate of drug-likeness (QED) is 0.896. The van der Waals surface area contributed by atoms with Gasteiger partial charge < -0.3 is 10.1 Å². The van der Waals surface area contributed by atoms with Crippen molar-refractivity contribution in [2.45, 2.75) is 31.9 Å². The van der Waals surface area contributed by atoms with Crippen LogP contribution >= 0.6 is 11.6 Å². The standard InChI is InChI=1S/C13H16ClNO2/c14-11-5-3-10(4-6-11)9-15-13(16)8-12-2-1-7-17-12/h3-6,12H,1-2,7-9H2,(H,15,16). The molecule has 1 fully saturated rings. The van der Waals surface area contributed by atoms with E-state index in [0.29, 0.717) is 18.0 Å². The minimum Gasteiger partial charge on any atom is -0.378 e. The van der Waals surface area contributed by atoms with E-state index in [1.807, 2.05) is 24.3 Å². The van der Waals surface area contributed by atoms with Crippen molar-refractivity contribution in [2.75, 3.05) is 6.61 Å². The van der Waals surface area contributed by atoms with Crippen molar-refractivity contribution >= 4 is 17.5 Å². The smallest absolute Gasteiger partial charge is 0.222 e. The van der Waals surface area contributed by atoms with Gasteiger partial charge in [-0.2, -0.15) is 0 Å². The van der Waals surface area contributed by atoms with Gasteiger partial charge in [-0.05, 0) is 30.5 Å². The molecule has 1 heterocycles. The van der Waals surface area contributed by atoms with E-state index in [9.17, 15) is 4.79 Å². The van der Waals surface area contributed by atoms with Crippen LogP contribution < -0.4 is 5.32 Å². The molecule has 0 aliphatic carbocycles. The van der Waals surface area contributed by atoms with Crippen LogP contribution in [-0.2, 0) is 16.1 Å². The Balaban J connectivity index is 1.73. The van der Waals surface area contributed by atoms with Crippen LogP contribution in [0, 0.1) is 0 Å². The molecule has 0 saturated carbocycles. The van der Waals surface area contributed by atoms with E-state index in [-0.39, 0.29) is 12.0 Å². The summed E-state index contributed by atoms with van der Waals surface area (Å²) in [7, 11) is 0. The zero-order valence-corrected chi connectivity index (χ0v) is 10.4. The van der Waals surface area contributed by atoms with Gasteiger partial charge in [-0.1, -0.05) is 23.7 Å². The zero-order valence-electron chi connectivity index (χ0n) is 9.62. The summed E-state index contributed by atoms with van der Waals surface area (Å²) >= 11 is 5.78. The second-order valence-electron chi connectivity index (χ2n) is 4.24. The van der Waals surface area contributed by atoms with Crippen molar-refractivity contribution in [3.8, 4) is 0 Å². The molecule has 3 nitrogen and oxygen atoms in total. The van der Waals surface area contributed by atoms with E-state index < -0.39 is 0 Å². The van der Waals surface area contributed by atoms with E-state index in [1.165, 1.54) is 0 Å². The Morgan fingerprint density at radius 1 is 1.41 bits per heavy atom. The first kappa shape index (κ1) is 12.4. The molecule has 1 N–H and O–H groups in total. The number of carbonyl (C=O) groups excluding carboxylic acids is 1. The summed E-state index contributed by atoms with van der Waals surface area (Å²) in [6.07, 6.45) is 2.64.